The summed E-state index contributed by atoms with van der Waals surface area (Å²) in [6.07, 6.45) is 8.79. The number of piperidine rings is 1. The number of hydrogen-bond donors (Lipinski definition) is 1. The van der Waals surface area contributed by atoms with Gasteiger partial charge in [-0.2, -0.15) is 0 Å². The van der Waals surface area contributed by atoms with E-state index in [0.717, 1.165) is 55.5 Å². The summed E-state index contributed by atoms with van der Waals surface area (Å²) in [6, 6.07) is 5.01. The number of hydrogen-bond acceptors (Lipinski definition) is 4. The second kappa shape index (κ2) is 7.56. The van der Waals surface area contributed by atoms with Gasteiger partial charge in [-0.3, -0.25) is 4.79 Å². The van der Waals surface area contributed by atoms with Crippen molar-refractivity contribution in [2.75, 3.05) is 18.0 Å². The summed E-state index contributed by atoms with van der Waals surface area (Å²) < 4.78 is 13.6. The molecule has 2 fully saturated rings. The minimum Gasteiger partial charge on any atom is -0.356 e. The number of carbonyl (C=O) groups is 1. The van der Waals surface area contributed by atoms with Crippen molar-refractivity contribution in [1.29, 1.82) is 0 Å². The molecule has 26 heavy (non-hydrogen) atoms. The Bertz CT molecular complexity index is 782. The van der Waals surface area contributed by atoms with Crippen LogP contribution in [0, 0.1) is 11.7 Å². The van der Waals surface area contributed by atoms with E-state index in [1.807, 2.05) is 0 Å². The van der Waals surface area contributed by atoms with Crippen molar-refractivity contribution in [2.45, 2.75) is 51.0 Å². The molecule has 138 valence electrons. The van der Waals surface area contributed by atoms with E-state index in [-0.39, 0.29) is 11.7 Å². The van der Waals surface area contributed by atoms with Crippen molar-refractivity contribution < 1.29 is 9.18 Å². The quantitative estimate of drug-likeness (QED) is 0.912. The molecule has 5 nitrogen and oxygen atoms in total. The second-order valence-corrected chi connectivity index (χ2v) is 7.54. The van der Waals surface area contributed by atoms with Gasteiger partial charge in [0.25, 0.3) is 0 Å². The highest BCUT2D eigenvalue weighted by molar-refractivity contribution is 5.89. The highest BCUT2D eigenvalue weighted by Crippen LogP contribution is 2.29. The summed E-state index contributed by atoms with van der Waals surface area (Å²) >= 11 is 0. The number of nitrogens with zero attached hydrogens (tertiary/aromatic N) is 3. The maximum Gasteiger partial charge on any atom is 0.220 e. The molecule has 1 aliphatic heterocycles. The maximum absolute atomic E-state index is 13.6. The summed E-state index contributed by atoms with van der Waals surface area (Å²) in [4.78, 5) is 23.1. The first-order valence-corrected chi connectivity index (χ1v) is 9.63. The minimum atomic E-state index is -0.271. The average Bonchev–Trinajstić information content (AvgIpc) is 3.15. The van der Waals surface area contributed by atoms with Crippen molar-refractivity contribution in [3.05, 3.63) is 30.3 Å². The van der Waals surface area contributed by atoms with E-state index in [2.05, 4.69) is 20.2 Å². The Balaban J connectivity index is 1.36. The first kappa shape index (κ1) is 17.2. The second-order valence-electron chi connectivity index (χ2n) is 7.54. The van der Waals surface area contributed by atoms with Gasteiger partial charge in [-0.25, -0.2) is 14.4 Å². The third-order valence-electron chi connectivity index (χ3n) is 5.68. The van der Waals surface area contributed by atoms with Crippen molar-refractivity contribution in [3.8, 4) is 0 Å². The first-order valence-electron chi connectivity index (χ1n) is 9.63. The molecule has 0 atom stereocenters. The lowest BCUT2D eigenvalue weighted by molar-refractivity contribution is -0.122. The largest absolute Gasteiger partial charge is 0.356 e. The number of anilines is 1. The van der Waals surface area contributed by atoms with E-state index in [9.17, 15) is 9.18 Å². The van der Waals surface area contributed by atoms with Crippen LogP contribution in [-0.2, 0) is 4.79 Å². The fraction of sp³-hybridized carbons (Fsp3) is 0.550. The van der Waals surface area contributed by atoms with Gasteiger partial charge in [0.05, 0.1) is 5.52 Å². The molecule has 1 saturated carbocycles. The Hall–Kier alpha value is -2.24. The molecule has 0 bridgehead atoms. The monoisotopic (exact) mass is 356 g/mol. The Morgan fingerprint density at radius 1 is 1.15 bits per heavy atom. The highest BCUT2D eigenvalue weighted by atomic mass is 19.1. The Morgan fingerprint density at radius 2 is 1.92 bits per heavy atom. The summed E-state index contributed by atoms with van der Waals surface area (Å²) in [5.41, 5.74) is 0.759. The molecule has 1 amide bonds. The molecule has 2 aliphatic rings. The van der Waals surface area contributed by atoms with Crippen molar-refractivity contribution in [1.82, 2.24) is 15.3 Å². The van der Waals surface area contributed by atoms with Crippen LogP contribution in [0.2, 0.25) is 0 Å². The van der Waals surface area contributed by atoms with Crippen molar-refractivity contribution in [2.24, 2.45) is 5.92 Å². The predicted octanol–water partition coefficient (Wildman–Crippen LogP) is 3.43. The van der Waals surface area contributed by atoms with E-state index in [1.165, 1.54) is 31.3 Å². The van der Waals surface area contributed by atoms with E-state index in [0.29, 0.717) is 18.4 Å². The van der Waals surface area contributed by atoms with Crippen LogP contribution in [0.1, 0.15) is 44.9 Å². The van der Waals surface area contributed by atoms with Crippen LogP contribution in [0.4, 0.5) is 10.2 Å². The molecule has 1 aromatic carbocycles. The number of halogens is 1. The third-order valence-corrected chi connectivity index (χ3v) is 5.68. The zero-order valence-corrected chi connectivity index (χ0v) is 15.0. The predicted molar refractivity (Wildman–Crippen MR) is 99.4 cm³/mol. The SMILES string of the molecule is O=C(CC1CCN(c2ncnc3ccc(F)cc23)CC1)NC1CCCC1. The van der Waals surface area contributed by atoms with Gasteiger partial charge >= 0.3 is 0 Å². The molecule has 4 rings (SSSR count). The maximum atomic E-state index is 13.6. The topological polar surface area (TPSA) is 58.1 Å². The van der Waals surface area contributed by atoms with E-state index < -0.39 is 0 Å². The van der Waals surface area contributed by atoms with Gasteiger partial charge in [-0.1, -0.05) is 12.8 Å². The van der Waals surface area contributed by atoms with Crippen LogP contribution in [0.25, 0.3) is 10.9 Å². The molecular formula is C20H25FN4O. The van der Waals surface area contributed by atoms with Crippen LogP contribution in [0.5, 0.6) is 0 Å². The van der Waals surface area contributed by atoms with Crippen molar-refractivity contribution in [3.63, 3.8) is 0 Å². The Kier molecular flexibility index (Phi) is 5.00. The minimum absolute atomic E-state index is 0.199. The molecule has 0 spiro atoms. The van der Waals surface area contributed by atoms with Gasteiger partial charge < -0.3 is 10.2 Å². The average molecular weight is 356 g/mol. The van der Waals surface area contributed by atoms with E-state index >= 15 is 0 Å². The molecule has 0 radical (unpaired) electrons. The number of benzene rings is 1. The van der Waals surface area contributed by atoms with Gasteiger partial charge in [-0.15, -0.1) is 0 Å². The lowest BCUT2D eigenvalue weighted by atomic mass is 9.93. The molecule has 1 aromatic heterocycles. The number of rotatable bonds is 4. The fourth-order valence-electron chi connectivity index (χ4n) is 4.24. The molecule has 2 heterocycles. The summed E-state index contributed by atoms with van der Waals surface area (Å²) in [6.45, 7) is 1.67. The lowest BCUT2D eigenvalue weighted by Crippen LogP contribution is -2.38. The van der Waals surface area contributed by atoms with Gasteiger partial charge in [0.1, 0.15) is 18.0 Å². The summed E-state index contributed by atoms with van der Waals surface area (Å²) in [7, 11) is 0. The van der Waals surface area contributed by atoms with Gasteiger partial charge in [0.15, 0.2) is 0 Å². The first-order chi connectivity index (χ1) is 12.7. The number of fused-ring (bicyclic) bond motifs is 1. The van der Waals surface area contributed by atoms with Crippen LogP contribution in [-0.4, -0.2) is 35.0 Å². The summed E-state index contributed by atoms with van der Waals surface area (Å²) in [5.74, 6) is 1.14. The lowest BCUT2D eigenvalue weighted by Gasteiger charge is -2.33. The van der Waals surface area contributed by atoms with Crippen LogP contribution in [0.15, 0.2) is 24.5 Å². The Morgan fingerprint density at radius 3 is 2.69 bits per heavy atom. The molecule has 6 heteroatoms. The van der Waals surface area contributed by atoms with Crippen molar-refractivity contribution >= 4 is 22.6 Å². The number of carbonyl (C=O) groups excluding carboxylic acids is 1. The highest BCUT2D eigenvalue weighted by Gasteiger charge is 2.25. The third kappa shape index (κ3) is 3.79. The van der Waals surface area contributed by atoms with Gasteiger partial charge in [0, 0.05) is 30.9 Å². The molecular weight excluding hydrogens is 331 g/mol. The van der Waals surface area contributed by atoms with E-state index in [4.69, 9.17) is 0 Å². The number of aromatic nitrogens is 2. The molecule has 1 saturated heterocycles. The van der Waals surface area contributed by atoms with Gasteiger partial charge in [-0.05, 0) is 49.8 Å². The zero-order valence-electron chi connectivity index (χ0n) is 15.0. The molecule has 1 N–H and O–H groups in total. The van der Waals surface area contributed by atoms with Crippen LogP contribution < -0.4 is 10.2 Å². The molecule has 0 unspecified atom stereocenters. The standard InChI is InChI=1S/C20H25FN4O/c21-15-5-6-18-17(12-15)20(23-13-22-18)25-9-7-14(8-10-25)11-19(26)24-16-3-1-2-4-16/h5-6,12-14,16H,1-4,7-11H2,(H,24,26). The smallest absolute Gasteiger partial charge is 0.220 e. The van der Waals surface area contributed by atoms with Gasteiger partial charge in [0.2, 0.25) is 5.91 Å². The Labute approximate surface area is 153 Å². The molecule has 2 aromatic rings. The number of amides is 1. The molecule has 1 aliphatic carbocycles. The summed E-state index contributed by atoms with van der Waals surface area (Å²) in [5, 5.41) is 3.94. The van der Waals surface area contributed by atoms with Crippen LogP contribution >= 0.6 is 0 Å². The fourth-order valence-corrected chi connectivity index (χ4v) is 4.24. The van der Waals surface area contributed by atoms with Crippen LogP contribution in [0.3, 0.4) is 0 Å². The zero-order chi connectivity index (χ0) is 17.9. The number of nitrogens with one attached hydrogen (secondary N) is 1. The normalized spacial score (nSPS) is 19.2. The van der Waals surface area contributed by atoms with E-state index in [1.54, 1.807) is 6.07 Å².